The minimum atomic E-state index is -0.0901. The monoisotopic (exact) mass is 231 g/mol. The highest BCUT2D eigenvalue weighted by Crippen LogP contribution is 2.18. The summed E-state index contributed by atoms with van der Waals surface area (Å²) in [5.74, 6) is 3.08. The molecule has 1 rings (SSSR count). The first kappa shape index (κ1) is 13.1. The number of nitrogens with one attached hydrogen (secondary N) is 1. The van der Waals surface area contributed by atoms with Gasteiger partial charge < -0.3 is 10.1 Å². The molecule has 0 unspecified atom stereocenters. The van der Waals surface area contributed by atoms with Gasteiger partial charge in [0.15, 0.2) is 0 Å². The number of benzene rings is 1. The maximum atomic E-state index is 11.2. The fourth-order valence-corrected chi connectivity index (χ4v) is 1.45. The summed E-state index contributed by atoms with van der Waals surface area (Å²) in [6.45, 7) is 4.65. The van der Waals surface area contributed by atoms with E-state index >= 15 is 0 Å². The molecule has 0 aromatic heterocycles. The molecule has 3 heteroatoms. The SMILES string of the molecule is C#CCNC(=O)CCOc1ccc(C)cc1C. The fourth-order valence-electron chi connectivity index (χ4n) is 1.45. The standard InChI is InChI=1S/C14H17NO2/c1-4-8-15-14(16)7-9-17-13-6-5-11(2)10-12(13)3/h1,5-6,10H,7-9H2,2-3H3,(H,15,16). The third kappa shape index (κ3) is 4.60. The number of amides is 1. The smallest absolute Gasteiger partial charge is 0.224 e. The van der Waals surface area contributed by atoms with Crippen molar-refractivity contribution in [3.8, 4) is 18.1 Å². The van der Waals surface area contributed by atoms with Crippen LogP contribution in [-0.2, 0) is 4.79 Å². The molecule has 3 nitrogen and oxygen atoms in total. The van der Waals surface area contributed by atoms with Gasteiger partial charge in [0, 0.05) is 0 Å². The van der Waals surface area contributed by atoms with Crippen molar-refractivity contribution in [1.82, 2.24) is 5.32 Å². The topological polar surface area (TPSA) is 38.3 Å². The number of terminal acetylenes is 1. The zero-order chi connectivity index (χ0) is 12.7. The first-order chi connectivity index (χ1) is 8.13. The molecule has 0 saturated carbocycles. The van der Waals surface area contributed by atoms with Crippen molar-refractivity contribution in [1.29, 1.82) is 0 Å². The van der Waals surface area contributed by atoms with Crippen LogP contribution in [0.4, 0.5) is 0 Å². The van der Waals surface area contributed by atoms with Crippen LogP contribution in [0, 0.1) is 26.2 Å². The lowest BCUT2D eigenvalue weighted by atomic mass is 10.1. The second-order valence-electron chi connectivity index (χ2n) is 3.85. The molecular formula is C14H17NO2. The van der Waals surface area contributed by atoms with Crippen LogP contribution in [0.3, 0.4) is 0 Å². The predicted octanol–water partition coefficient (Wildman–Crippen LogP) is 1.82. The lowest BCUT2D eigenvalue weighted by molar-refractivity contribution is -0.121. The quantitative estimate of drug-likeness (QED) is 0.785. The maximum Gasteiger partial charge on any atom is 0.224 e. The van der Waals surface area contributed by atoms with Gasteiger partial charge >= 0.3 is 0 Å². The number of carbonyl (C=O) groups excluding carboxylic acids is 1. The average molecular weight is 231 g/mol. The van der Waals surface area contributed by atoms with Crippen molar-refractivity contribution in [2.24, 2.45) is 0 Å². The molecule has 0 saturated heterocycles. The normalized spacial score (nSPS) is 9.47. The summed E-state index contributed by atoms with van der Waals surface area (Å²) in [5.41, 5.74) is 2.27. The van der Waals surface area contributed by atoms with Crippen LogP contribution >= 0.6 is 0 Å². The second-order valence-corrected chi connectivity index (χ2v) is 3.85. The van der Waals surface area contributed by atoms with E-state index in [1.807, 2.05) is 32.0 Å². The van der Waals surface area contributed by atoms with E-state index in [4.69, 9.17) is 11.2 Å². The number of ether oxygens (including phenoxy) is 1. The zero-order valence-electron chi connectivity index (χ0n) is 10.2. The van der Waals surface area contributed by atoms with E-state index in [1.165, 1.54) is 5.56 Å². The molecule has 0 aliphatic rings. The van der Waals surface area contributed by atoms with Crippen LogP contribution in [0.5, 0.6) is 5.75 Å². The maximum absolute atomic E-state index is 11.2. The lowest BCUT2D eigenvalue weighted by Gasteiger charge is -2.09. The van der Waals surface area contributed by atoms with Crippen LogP contribution < -0.4 is 10.1 Å². The van der Waals surface area contributed by atoms with Gasteiger partial charge in [-0.3, -0.25) is 4.79 Å². The molecule has 0 fully saturated rings. The molecule has 1 amide bonds. The van der Waals surface area contributed by atoms with Crippen molar-refractivity contribution >= 4 is 5.91 Å². The van der Waals surface area contributed by atoms with Gasteiger partial charge in [0.25, 0.3) is 0 Å². The van der Waals surface area contributed by atoms with Crippen molar-refractivity contribution < 1.29 is 9.53 Å². The van der Waals surface area contributed by atoms with Crippen molar-refractivity contribution in [2.45, 2.75) is 20.3 Å². The van der Waals surface area contributed by atoms with Gasteiger partial charge in [-0.05, 0) is 25.5 Å². The van der Waals surface area contributed by atoms with E-state index in [-0.39, 0.29) is 12.5 Å². The van der Waals surface area contributed by atoms with Gasteiger partial charge in [-0.25, -0.2) is 0 Å². The Morgan fingerprint density at radius 1 is 1.47 bits per heavy atom. The summed E-state index contributed by atoms with van der Waals surface area (Å²) in [6, 6.07) is 5.96. The Kier molecular flexibility index (Phi) is 5.09. The summed E-state index contributed by atoms with van der Waals surface area (Å²) < 4.78 is 5.53. The Morgan fingerprint density at radius 2 is 2.24 bits per heavy atom. The highest BCUT2D eigenvalue weighted by atomic mass is 16.5. The Balaban J connectivity index is 2.36. The summed E-state index contributed by atoms with van der Waals surface area (Å²) in [6.07, 6.45) is 5.35. The molecule has 0 aliphatic carbocycles. The van der Waals surface area contributed by atoms with Gasteiger partial charge in [0.05, 0.1) is 19.6 Å². The van der Waals surface area contributed by atoms with Crippen LogP contribution in [0.15, 0.2) is 18.2 Å². The molecule has 1 aromatic carbocycles. The average Bonchev–Trinajstić information content (AvgIpc) is 2.29. The number of hydrogen-bond acceptors (Lipinski definition) is 2. The van der Waals surface area contributed by atoms with Gasteiger partial charge in [0.1, 0.15) is 5.75 Å². The van der Waals surface area contributed by atoms with Crippen LogP contribution in [-0.4, -0.2) is 19.1 Å². The van der Waals surface area contributed by atoms with Gasteiger partial charge in [-0.1, -0.05) is 23.6 Å². The van der Waals surface area contributed by atoms with Crippen molar-refractivity contribution in [2.75, 3.05) is 13.2 Å². The third-order valence-electron chi connectivity index (χ3n) is 2.30. The van der Waals surface area contributed by atoms with Crippen molar-refractivity contribution in [3.05, 3.63) is 29.3 Å². The number of rotatable bonds is 5. The van der Waals surface area contributed by atoms with E-state index in [0.717, 1.165) is 11.3 Å². The van der Waals surface area contributed by atoms with E-state index in [2.05, 4.69) is 11.2 Å². The summed E-state index contributed by atoms with van der Waals surface area (Å²) in [4.78, 5) is 11.2. The number of aryl methyl sites for hydroxylation is 2. The molecule has 0 bridgehead atoms. The molecule has 1 aromatic rings. The first-order valence-electron chi connectivity index (χ1n) is 5.53. The van der Waals surface area contributed by atoms with Gasteiger partial charge in [-0.15, -0.1) is 6.42 Å². The number of carbonyl (C=O) groups is 1. The summed E-state index contributed by atoms with van der Waals surface area (Å²) >= 11 is 0. The highest BCUT2D eigenvalue weighted by Gasteiger charge is 2.02. The molecular weight excluding hydrogens is 214 g/mol. The van der Waals surface area contributed by atoms with Gasteiger partial charge in [0.2, 0.25) is 5.91 Å². The Hall–Kier alpha value is -1.95. The van der Waals surface area contributed by atoms with Crippen LogP contribution in [0.2, 0.25) is 0 Å². The molecule has 1 N–H and O–H groups in total. The molecule has 0 atom stereocenters. The zero-order valence-corrected chi connectivity index (χ0v) is 10.2. The van der Waals surface area contributed by atoms with Crippen molar-refractivity contribution in [3.63, 3.8) is 0 Å². The molecule has 0 heterocycles. The Labute approximate surface area is 102 Å². The van der Waals surface area contributed by atoms with E-state index in [0.29, 0.717) is 13.0 Å². The van der Waals surface area contributed by atoms with Gasteiger partial charge in [-0.2, -0.15) is 0 Å². The summed E-state index contributed by atoms with van der Waals surface area (Å²) in [5, 5.41) is 2.59. The molecule has 0 spiro atoms. The van der Waals surface area contributed by atoms with E-state index in [1.54, 1.807) is 0 Å². The largest absolute Gasteiger partial charge is 0.493 e. The molecule has 0 radical (unpaired) electrons. The highest BCUT2D eigenvalue weighted by molar-refractivity contribution is 5.76. The van der Waals surface area contributed by atoms with Crippen LogP contribution in [0.25, 0.3) is 0 Å². The number of hydrogen-bond donors (Lipinski definition) is 1. The lowest BCUT2D eigenvalue weighted by Crippen LogP contribution is -2.25. The molecule has 17 heavy (non-hydrogen) atoms. The Morgan fingerprint density at radius 3 is 2.88 bits per heavy atom. The fraction of sp³-hybridized carbons (Fsp3) is 0.357. The minimum absolute atomic E-state index is 0.0901. The molecule has 0 aliphatic heterocycles. The van der Waals surface area contributed by atoms with E-state index in [9.17, 15) is 4.79 Å². The van der Waals surface area contributed by atoms with E-state index < -0.39 is 0 Å². The predicted molar refractivity (Wildman–Crippen MR) is 67.9 cm³/mol. The molecule has 90 valence electrons. The summed E-state index contributed by atoms with van der Waals surface area (Å²) in [7, 11) is 0. The minimum Gasteiger partial charge on any atom is -0.493 e. The Bertz CT molecular complexity index is 432. The van der Waals surface area contributed by atoms with Crippen LogP contribution in [0.1, 0.15) is 17.5 Å². The third-order valence-corrected chi connectivity index (χ3v) is 2.30. The first-order valence-corrected chi connectivity index (χ1v) is 5.53. The second kappa shape index (κ2) is 6.59.